The lowest BCUT2D eigenvalue weighted by Crippen LogP contribution is -1.99. The predicted octanol–water partition coefficient (Wildman–Crippen LogP) is 4.12. The van der Waals surface area contributed by atoms with Gasteiger partial charge in [-0.3, -0.25) is 5.43 Å². The lowest BCUT2D eigenvalue weighted by molar-refractivity contribution is 0.284. The van der Waals surface area contributed by atoms with Crippen molar-refractivity contribution in [3.05, 3.63) is 84.1 Å². The summed E-state index contributed by atoms with van der Waals surface area (Å²) >= 11 is 0. The molecule has 0 atom stereocenters. The number of ether oxygens (including phenoxy) is 2. The van der Waals surface area contributed by atoms with Crippen LogP contribution >= 0.6 is 0 Å². The van der Waals surface area contributed by atoms with Crippen molar-refractivity contribution in [2.24, 2.45) is 5.10 Å². The Balaban J connectivity index is 1.68. The first kappa shape index (κ1) is 16.5. The average molecular weight is 333 g/mol. The van der Waals surface area contributed by atoms with Crippen LogP contribution < -0.4 is 14.9 Å². The number of nitrogens with zero attached hydrogens (tertiary/aromatic N) is 2. The van der Waals surface area contributed by atoms with Gasteiger partial charge in [-0.2, -0.15) is 5.10 Å². The van der Waals surface area contributed by atoms with Crippen molar-refractivity contribution in [2.45, 2.75) is 6.61 Å². The van der Waals surface area contributed by atoms with Crippen LogP contribution in [0.2, 0.25) is 0 Å². The van der Waals surface area contributed by atoms with Crippen LogP contribution in [0.4, 0.5) is 5.82 Å². The van der Waals surface area contributed by atoms with E-state index in [0.29, 0.717) is 23.9 Å². The van der Waals surface area contributed by atoms with E-state index in [4.69, 9.17) is 9.47 Å². The third-order valence-corrected chi connectivity index (χ3v) is 3.48. The molecule has 5 nitrogen and oxygen atoms in total. The molecule has 0 spiro atoms. The van der Waals surface area contributed by atoms with Crippen molar-refractivity contribution in [3.8, 4) is 11.5 Å². The maximum absolute atomic E-state index is 5.90. The summed E-state index contributed by atoms with van der Waals surface area (Å²) in [5.41, 5.74) is 4.88. The molecule has 3 aromatic rings. The second-order valence-corrected chi connectivity index (χ2v) is 5.27. The smallest absolute Gasteiger partial charge is 0.162 e. The molecule has 0 saturated heterocycles. The summed E-state index contributed by atoms with van der Waals surface area (Å²) in [4.78, 5) is 4.15. The number of methoxy groups -OCH3 is 1. The maximum Gasteiger partial charge on any atom is 0.162 e. The van der Waals surface area contributed by atoms with E-state index in [9.17, 15) is 0 Å². The molecule has 25 heavy (non-hydrogen) atoms. The molecule has 0 aliphatic heterocycles. The quantitative estimate of drug-likeness (QED) is 0.522. The van der Waals surface area contributed by atoms with Gasteiger partial charge in [-0.25, -0.2) is 4.98 Å². The molecule has 0 saturated carbocycles. The molecule has 1 aromatic heterocycles. The van der Waals surface area contributed by atoms with Crippen LogP contribution in [0.1, 0.15) is 11.1 Å². The summed E-state index contributed by atoms with van der Waals surface area (Å²) in [5, 5.41) is 4.19. The van der Waals surface area contributed by atoms with Crippen LogP contribution in [0.15, 0.2) is 78.0 Å². The van der Waals surface area contributed by atoms with E-state index in [-0.39, 0.29) is 0 Å². The number of aromatic nitrogens is 1. The fourth-order valence-electron chi connectivity index (χ4n) is 2.22. The molecule has 0 unspecified atom stereocenters. The third kappa shape index (κ3) is 4.81. The van der Waals surface area contributed by atoms with Gasteiger partial charge in [0.1, 0.15) is 12.4 Å². The van der Waals surface area contributed by atoms with Gasteiger partial charge in [-0.1, -0.05) is 36.4 Å². The SMILES string of the molecule is COc1ccc(C=NNc2ccccn2)cc1OCc1ccccc1. The van der Waals surface area contributed by atoms with Crippen molar-refractivity contribution in [2.75, 3.05) is 12.5 Å². The zero-order valence-electron chi connectivity index (χ0n) is 13.9. The van der Waals surface area contributed by atoms with Crippen LogP contribution in [-0.2, 0) is 6.61 Å². The van der Waals surface area contributed by atoms with Gasteiger partial charge in [0.05, 0.1) is 13.3 Å². The van der Waals surface area contributed by atoms with E-state index in [2.05, 4.69) is 15.5 Å². The van der Waals surface area contributed by atoms with E-state index < -0.39 is 0 Å². The van der Waals surface area contributed by atoms with Gasteiger partial charge < -0.3 is 9.47 Å². The summed E-state index contributed by atoms with van der Waals surface area (Å²) in [6, 6.07) is 21.3. The number of benzene rings is 2. The Morgan fingerprint density at radius 1 is 1.00 bits per heavy atom. The van der Waals surface area contributed by atoms with Crippen LogP contribution in [0.5, 0.6) is 11.5 Å². The number of anilines is 1. The Bertz CT molecular complexity index is 821. The van der Waals surface area contributed by atoms with E-state index in [0.717, 1.165) is 11.1 Å². The Morgan fingerprint density at radius 2 is 1.84 bits per heavy atom. The van der Waals surface area contributed by atoms with E-state index in [1.165, 1.54) is 0 Å². The largest absolute Gasteiger partial charge is 0.493 e. The van der Waals surface area contributed by atoms with Gasteiger partial charge >= 0.3 is 0 Å². The van der Waals surface area contributed by atoms with Crippen molar-refractivity contribution in [1.29, 1.82) is 0 Å². The molecule has 126 valence electrons. The predicted molar refractivity (Wildman–Crippen MR) is 99.2 cm³/mol. The van der Waals surface area contributed by atoms with E-state index >= 15 is 0 Å². The highest BCUT2D eigenvalue weighted by Gasteiger charge is 2.05. The minimum atomic E-state index is 0.476. The second-order valence-electron chi connectivity index (χ2n) is 5.27. The Labute approximate surface area is 147 Å². The lowest BCUT2D eigenvalue weighted by atomic mass is 10.2. The number of hydrogen-bond donors (Lipinski definition) is 1. The van der Waals surface area contributed by atoms with Crippen LogP contribution in [0.25, 0.3) is 0 Å². The summed E-state index contributed by atoms with van der Waals surface area (Å²) < 4.78 is 11.3. The zero-order valence-corrected chi connectivity index (χ0v) is 13.9. The molecule has 0 radical (unpaired) electrons. The van der Waals surface area contributed by atoms with Gasteiger partial charge in [-0.15, -0.1) is 0 Å². The zero-order chi connectivity index (χ0) is 17.3. The summed E-state index contributed by atoms with van der Waals surface area (Å²) in [6.45, 7) is 0.476. The van der Waals surface area contributed by atoms with Gasteiger partial charge in [0.2, 0.25) is 0 Å². The highest BCUT2D eigenvalue weighted by Crippen LogP contribution is 2.28. The topological polar surface area (TPSA) is 55.7 Å². The average Bonchev–Trinajstić information content (AvgIpc) is 2.68. The molecule has 0 aliphatic rings. The molecule has 0 fully saturated rings. The highest BCUT2D eigenvalue weighted by molar-refractivity contribution is 5.81. The molecule has 0 aliphatic carbocycles. The normalized spacial score (nSPS) is 10.6. The van der Waals surface area contributed by atoms with Crippen molar-refractivity contribution < 1.29 is 9.47 Å². The monoisotopic (exact) mass is 333 g/mol. The molecule has 1 heterocycles. The minimum Gasteiger partial charge on any atom is -0.493 e. The molecule has 5 heteroatoms. The van der Waals surface area contributed by atoms with Crippen molar-refractivity contribution >= 4 is 12.0 Å². The number of nitrogens with one attached hydrogen (secondary N) is 1. The first-order valence-electron chi connectivity index (χ1n) is 7.90. The van der Waals surface area contributed by atoms with Gasteiger partial charge in [0, 0.05) is 6.20 Å². The van der Waals surface area contributed by atoms with Crippen molar-refractivity contribution in [3.63, 3.8) is 0 Å². The second kappa shape index (κ2) is 8.49. The molecule has 0 amide bonds. The van der Waals surface area contributed by atoms with Crippen LogP contribution in [0.3, 0.4) is 0 Å². The molecular weight excluding hydrogens is 314 g/mol. The van der Waals surface area contributed by atoms with Gasteiger partial charge in [-0.05, 0) is 41.5 Å². The van der Waals surface area contributed by atoms with Crippen molar-refractivity contribution in [1.82, 2.24) is 4.98 Å². The van der Waals surface area contributed by atoms with Gasteiger partial charge in [0.15, 0.2) is 11.5 Å². The van der Waals surface area contributed by atoms with Crippen LogP contribution in [-0.4, -0.2) is 18.3 Å². The number of pyridine rings is 1. The third-order valence-electron chi connectivity index (χ3n) is 3.48. The first-order chi connectivity index (χ1) is 12.3. The van der Waals surface area contributed by atoms with E-state index in [1.54, 1.807) is 19.5 Å². The fraction of sp³-hybridized carbons (Fsp3) is 0.100. The lowest BCUT2D eigenvalue weighted by Gasteiger charge is -2.11. The number of hydrogen-bond acceptors (Lipinski definition) is 5. The Hall–Kier alpha value is -3.34. The molecule has 1 N–H and O–H groups in total. The molecule has 0 bridgehead atoms. The summed E-state index contributed by atoms with van der Waals surface area (Å²) in [7, 11) is 1.63. The first-order valence-corrected chi connectivity index (χ1v) is 7.90. The Morgan fingerprint density at radius 3 is 2.60 bits per heavy atom. The van der Waals surface area contributed by atoms with E-state index in [1.807, 2.05) is 66.7 Å². The molecule has 3 rings (SSSR count). The van der Waals surface area contributed by atoms with Gasteiger partial charge in [0.25, 0.3) is 0 Å². The Kier molecular flexibility index (Phi) is 5.61. The number of rotatable bonds is 7. The number of hydrazone groups is 1. The summed E-state index contributed by atoms with van der Waals surface area (Å²) in [6.07, 6.45) is 3.42. The highest BCUT2D eigenvalue weighted by atomic mass is 16.5. The molecule has 2 aromatic carbocycles. The standard InChI is InChI=1S/C20H19N3O2/c1-24-18-11-10-17(14-22-23-20-9-5-6-12-21-20)13-19(18)25-15-16-7-3-2-4-8-16/h2-14H,15H2,1H3,(H,21,23). The molecular formula is C20H19N3O2. The maximum atomic E-state index is 5.90. The summed E-state index contributed by atoms with van der Waals surface area (Å²) in [5.74, 6) is 2.05. The van der Waals surface area contributed by atoms with Crippen LogP contribution in [0, 0.1) is 0 Å². The minimum absolute atomic E-state index is 0.476. The fourth-order valence-corrected chi connectivity index (χ4v) is 2.22.